The highest BCUT2D eigenvalue weighted by molar-refractivity contribution is 14.1. The standard InChI is InChI=1S/C20H20IN3O2/c1-11-14-7-6-13-17(20(14,2)9-15(21)16(11)25)23-18(24-19(13)26-3)12-5-4-8-22-10-12/h4-5,8-11,14H,6-7H2,1-3H3/t11-,14-,20-/m1/s1. The van der Waals surface area contributed by atoms with Gasteiger partial charge in [-0.05, 0) is 53.5 Å². The number of halogens is 1. The summed E-state index contributed by atoms with van der Waals surface area (Å²) in [5.74, 6) is 1.71. The quantitative estimate of drug-likeness (QED) is 0.635. The number of hydrogen-bond donors (Lipinski definition) is 0. The number of ether oxygens (including phenoxy) is 1. The first-order chi connectivity index (χ1) is 12.5. The van der Waals surface area contributed by atoms with Crippen LogP contribution in [0.15, 0.2) is 34.2 Å². The number of ketones is 1. The molecule has 0 unspecified atom stereocenters. The highest BCUT2D eigenvalue weighted by Gasteiger charge is 2.49. The van der Waals surface area contributed by atoms with Crippen LogP contribution < -0.4 is 4.74 Å². The molecule has 5 nitrogen and oxygen atoms in total. The minimum atomic E-state index is -0.301. The minimum absolute atomic E-state index is 0.00662. The Bertz CT molecular complexity index is 913. The second-order valence-corrected chi connectivity index (χ2v) is 8.36. The molecule has 0 fully saturated rings. The molecule has 0 N–H and O–H groups in total. The molecule has 3 atom stereocenters. The fourth-order valence-electron chi connectivity index (χ4n) is 4.38. The van der Waals surface area contributed by atoms with E-state index in [1.807, 2.05) is 19.1 Å². The summed E-state index contributed by atoms with van der Waals surface area (Å²) in [6.45, 7) is 4.24. The van der Waals surface area contributed by atoms with Crippen molar-refractivity contribution in [3.63, 3.8) is 0 Å². The molecule has 0 bridgehead atoms. The SMILES string of the molecule is COc1nc(-c2cccnc2)nc2c1CC[C@@H]1[C@@H](C)C(=O)C(I)=C[C@@]21C. The number of allylic oxidation sites excluding steroid dienone is 2. The molecule has 134 valence electrons. The van der Waals surface area contributed by atoms with Crippen molar-refractivity contribution in [2.24, 2.45) is 11.8 Å². The molecule has 2 aromatic heterocycles. The summed E-state index contributed by atoms with van der Waals surface area (Å²) in [6.07, 6.45) is 7.35. The molecule has 6 heteroatoms. The maximum atomic E-state index is 12.5. The van der Waals surface area contributed by atoms with Gasteiger partial charge in [-0.15, -0.1) is 0 Å². The highest BCUT2D eigenvalue weighted by atomic mass is 127. The Morgan fingerprint density at radius 3 is 2.85 bits per heavy atom. The number of pyridine rings is 1. The van der Waals surface area contributed by atoms with Crippen molar-refractivity contribution in [3.8, 4) is 17.3 Å². The first kappa shape index (κ1) is 17.6. The molecule has 0 saturated carbocycles. The third-order valence-electron chi connectivity index (χ3n) is 5.75. The van der Waals surface area contributed by atoms with Crippen molar-refractivity contribution in [3.05, 3.63) is 45.4 Å². The van der Waals surface area contributed by atoms with E-state index in [1.165, 1.54) is 0 Å². The number of carbonyl (C=O) groups excluding carboxylic acids is 1. The molecule has 2 aliphatic rings. The summed E-state index contributed by atoms with van der Waals surface area (Å²) in [4.78, 5) is 26.3. The average molecular weight is 461 g/mol. The van der Waals surface area contributed by atoms with Gasteiger partial charge in [-0.1, -0.05) is 19.9 Å². The second-order valence-electron chi connectivity index (χ2n) is 7.20. The number of aromatic nitrogens is 3. The number of nitrogens with zero attached hydrogens (tertiary/aromatic N) is 3. The number of carbonyl (C=O) groups is 1. The Balaban J connectivity index is 1.96. The Labute approximate surface area is 166 Å². The fraction of sp³-hybridized carbons (Fsp3) is 0.400. The van der Waals surface area contributed by atoms with Gasteiger partial charge in [-0.3, -0.25) is 9.78 Å². The van der Waals surface area contributed by atoms with E-state index in [0.717, 1.165) is 33.2 Å². The van der Waals surface area contributed by atoms with Gasteiger partial charge in [-0.25, -0.2) is 4.98 Å². The summed E-state index contributed by atoms with van der Waals surface area (Å²) < 4.78 is 6.41. The fourth-order valence-corrected chi connectivity index (χ4v) is 5.52. The summed E-state index contributed by atoms with van der Waals surface area (Å²) in [6, 6.07) is 3.82. The van der Waals surface area contributed by atoms with Crippen molar-refractivity contribution in [2.45, 2.75) is 32.1 Å². The zero-order chi connectivity index (χ0) is 18.5. The van der Waals surface area contributed by atoms with Gasteiger partial charge in [0.05, 0.1) is 16.4 Å². The van der Waals surface area contributed by atoms with Crippen molar-refractivity contribution in [1.82, 2.24) is 15.0 Å². The van der Waals surface area contributed by atoms with E-state index in [1.54, 1.807) is 19.5 Å². The first-order valence-electron chi connectivity index (χ1n) is 8.74. The molecule has 26 heavy (non-hydrogen) atoms. The van der Waals surface area contributed by atoms with Crippen LogP contribution in [0.2, 0.25) is 0 Å². The molecule has 4 rings (SSSR count). The lowest BCUT2D eigenvalue weighted by molar-refractivity contribution is -0.121. The zero-order valence-electron chi connectivity index (χ0n) is 15.0. The van der Waals surface area contributed by atoms with E-state index in [2.05, 4.69) is 45.6 Å². The third-order valence-corrected chi connectivity index (χ3v) is 6.59. The Hall–Kier alpha value is -1.83. The van der Waals surface area contributed by atoms with E-state index in [9.17, 15) is 4.79 Å². The number of Topliss-reactive ketones (excluding diaryl/α,β-unsaturated/α-hetero) is 1. The summed E-state index contributed by atoms with van der Waals surface area (Å²) in [5, 5.41) is 0. The molecule has 2 aliphatic carbocycles. The molecule has 2 heterocycles. The normalized spacial score (nSPS) is 27.4. The monoisotopic (exact) mass is 461 g/mol. The van der Waals surface area contributed by atoms with Crippen LogP contribution in [0.4, 0.5) is 0 Å². The Morgan fingerprint density at radius 1 is 1.35 bits per heavy atom. The second kappa shape index (κ2) is 6.40. The molecular formula is C20H20IN3O2. The van der Waals surface area contributed by atoms with Gasteiger partial charge in [0, 0.05) is 34.9 Å². The van der Waals surface area contributed by atoms with E-state index in [-0.39, 0.29) is 23.0 Å². The number of methoxy groups -OCH3 is 1. The highest BCUT2D eigenvalue weighted by Crippen LogP contribution is 2.51. The predicted molar refractivity (Wildman–Crippen MR) is 107 cm³/mol. The lowest BCUT2D eigenvalue weighted by Crippen LogP contribution is -2.45. The number of rotatable bonds is 2. The van der Waals surface area contributed by atoms with E-state index in [4.69, 9.17) is 9.72 Å². The van der Waals surface area contributed by atoms with Crippen molar-refractivity contribution in [1.29, 1.82) is 0 Å². The van der Waals surface area contributed by atoms with Gasteiger partial charge in [0.25, 0.3) is 0 Å². The van der Waals surface area contributed by atoms with Gasteiger partial charge in [0.1, 0.15) is 0 Å². The number of hydrogen-bond acceptors (Lipinski definition) is 5. The van der Waals surface area contributed by atoms with Gasteiger partial charge in [0.15, 0.2) is 11.6 Å². The van der Waals surface area contributed by atoms with Crippen LogP contribution in [-0.4, -0.2) is 27.8 Å². The van der Waals surface area contributed by atoms with Crippen LogP contribution in [0.5, 0.6) is 5.88 Å². The zero-order valence-corrected chi connectivity index (χ0v) is 17.1. The van der Waals surface area contributed by atoms with E-state index < -0.39 is 0 Å². The summed E-state index contributed by atoms with van der Waals surface area (Å²) >= 11 is 2.16. The van der Waals surface area contributed by atoms with Crippen LogP contribution >= 0.6 is 22.6 Å². The van der Waals surface area contributed by atoms with Gasteiger partial charge in [0.2, 0.25) is 5.88 Å². The van der Waals surface area contributed by atoms with Crippen LogP contribution in [-0.2, 0) is 16.6 Å². The van der Waals surface area contributed by atoms with Gasteiger partial charge in [-0.2, -0.15) is 4.98 Å². The lowest BCUT2D eigenvalue weighted by atomic mass is 9.59. The van der Waals surface area contributed by atoms with E-state index in [0.29, 0.717) is 11.7 Å². The van der Waals surface area contributed by atoms with E-state index >= 15 is 0 Å². The summed E-state index contributed by atoms with van der Waals surface area (Å²) in [5.41, 5.74) is 2.59. The Morgan fingerprint density at radius 2 is 2.15 bits per heavy atom. The van der Waals surface area contributed by atoms with Crippen molar-refractivity contribution < 1.29 is 9.53 Å². The predicted octanol–water partition coefficient (Wildman–Crippen LogP) is 3.91. The van der Waals surface area contributed by atoms with Crippen LogP contribution in [0.25, 0.3) is 11.4 Å². The third kappa shape index (κ3) is 2.57. The topological polar surface area (TPSA) is 65.0 Å². The van der Waals surface area contributed by atoms with Crippen LogP contribution in [0.1, 0.15) is 31.5 Å². The molecular weight excluding hydrogens is 441 g/mol. The molecule has 0 spiro atoms. The molecule has 0 aromatic carbocycles. The smallest absolute Gasteiger partial charge is 0.220 e. The van der Waals surface area contributed by atoms with Gasteiger partial charge < -0.3 is 4.74 Å². The van der Waals surface area contributed by atoms with Crippen LogP contribution in [0.3, 0.4) is 0 Å². The van der Waals surface area contributed by atoms with Crippen molar-refractivity contribution >= 4 is 28.4 Å². The largest absolute Gasteiger partial charge is 0.481 e. The summed E-state index contributed by atoms with van der Waals surface area (Å²) in [7, 11) is 1.65. The van der Waals surface area contributed by atoms with Crippen LogP contribution in [0, 0.1) is 11.8 Å². The molecule has 0 amide bonds. The molecule has 2 aromatic rings. The maximum Gasteiger partial charge on any atom is 0.220 e. The first-order valence-corrected chi connectivity index (χ1v) is 9.82. The molecule has 0 saturated heterocycles. The molecule has 0 radical (unpaired) electrons. The van der Waals surface area contributed by atoms with Crippen molar-refractivity contribution in [2.75, 3.05) is 7.11 Å². The van der Waals surface area contributed by atoms with Gasteiger partial charge >= 0.3 is 0 Å². The molecule has 0 aliphatic heterocycles. The maximum absolute atomic E-state index is 12.5. The minimum Gasteiger partial charge on any atom is -0.481 e. The lowest BCUT2D eigenvalue weighted by Gasteiger charge is -2.45. The Kier molecular flexibility index (Phi) is 4.33. The number of fused-ring (bicyclic) bond motifs is 3. The average Bonchev–Trinajstić information content (AvgIpc) is 2.66.